The van der Waals surface area contributed by atoms with E-state index in [1.807, 2.05) is 12.1 Å². The summed E-state index contributed by atoms with van der Waals surface area (Å²) < 4.78 is 1.84. The van der Waals surface area contributed by atoms with Gasteiger partial charge in [0.2, 0.25) is 0 Å². The number of rotatable bonds is 2. The fraction of sp³-hybridized carbons (Fsp3) is 0.333. The van der Waals surface area contributed by atoms with Crippen molar-refractivity contribution in [3.05, 3.63) is 54.6 Å². The molecular formula is C15H14BrCl2NS. The average molecular weight is 391 g/mol. The Kier molecular flexibility index (Phi) is 4.73. The van der Waals surface area contributed by atoms with Gasteiger partial charge in [0.05, 0.1) is 0 Å². The van der Waals surface area contributed by atoms with Gasteiger partial charge in [-0.05, 0) is 52.7 Å². The molecule has 1 fully saturated rings. The van der Waals surface area contributed by atoms with Crippen LogP contribution in [0.5, 0.6) is 0 Å². The van der Waals surface area contributed by atoms with Gasteiger partial charge in [-0.15, -0.1) is 11.3 Å². The van der Waals surface area contributed by atoms with Crippen molar-refractivity contribution < 1.29 is 0 Å². The number of hydrogen-bond donors (Lipinski definition) is 1. The molecule has 0 radical (unpaired) electrons. The number of hydrogen-bond acceptors (Lipinski definition) is 2. The fourth-order valence-corrected chi connectivity index (χ4v) is 4.97. The molecule has 2 heterocycles. The Hall–Kier alpha value is -0.0600. The third-order valence-electron chi connectivity index (χ3n) is 3.79. The highest BCUT2D eigenvalue weighted by molar-refractivity contribution is 9.10. The SMILES string of the molecule is Clc1cccc(C2CNCCC2c2cc(Br)c(Cl)s2)c1. The van der Waals surface area contributed by atoms with E-state index in [1.54, 1.807) is 11.3 Å². The van der Waals surface area contributed by atoms with Gasteiger partial charge < -0.3 is 5.32 Å². The van der Waals surface area contributed by atoms with E-state index in [0.29, 0.717) is 11.8 Å². The van der Waals surface area contributed by atoms with Crippen LogP contribution in [0.2, 0.25) is 9.36 Å². The molecule has 0 amide bonds. The Morgan fingerprint density at radius 2 is 2.05 bits per heavy atom. The molecule has 0 bridgehead atoms. The van der Waals surface area contributed by atoms with Crippen molar-refractivity contribution in [3.63, 3.8) is 0 Å². The molecule has 1 nitrogen and oxygen atoms in total. The van der Waals surface area contributed by atoms with Gasteiger partial charge in [0.15, 0.2) is 0 Å². The normalized spacial score (nSPS) is 22.9. The van der Waals surface area contributed by atoms with E-state index in [4.69, 9.17) is 23.2 Å². The first kappa shape index (κ1) is 14.9. The van der Waals surface area contributed by atoms with Gasteiger partial charge in [-0.3, -0.25) is 0 Å². The molecule has 106 valence electrons. The molecule has 1 aliphatic heterocycles. The monoisotopic (exact) mass is 389 g/mol. The van der Waals surface area contributed by atoms with Crippen LogP contribution in [0, 0.1) is 0 Å². The molecule has 0 aliphatic carbocycles. The van der Waals surface area contributed by atoms with Crippen molar-refractivity contribution in [3.8, 4) is 0 Å². The highest BCUT2D eigenvalue weighted by Crippen LogP contribution is 2.44. The molecule has 1 N–H and O–H groups in total. The Balaban J connectivity index is 1.95. The zero-order chi connectivity index (χ0) is 14.1. The smallest absolute Gasteiger partial charge is 0.107 e. The summed E-state index contributed by atoms with van der Waals surface area (Å²) in [5.74, 6) is 0.951. The summed E-state index contributed by atoms with van der Waals surface area (Å²) >= 11 is 17.5. The molecule has 2 atom stereocenters. The molecule has 5 heteroatoms. The average Bonchev–Trinajstić information content (AvgIpc) is 2.79. The first-order valence-corrected chi connectivity index (χ1v) is 8.92. The van der Waals surface area contributed by atoms with Crippen LogP contribution < -0.4 is 5.32 Å². The minimum Gasteiger partial charge on any atom is -0.316 e. The van der Waals surface area contributed by atoms with Crippen LogP contribution in [0.25, 0.3) is 0 Å². The summed E-state index contributed by atoms with van der Waals surface area (Å²) in [6.45, 7) is 2.03. The van der Waals surface area contributed by atoms with Crippen LogP contribution in [0.3, 0.4) is 0 Å². The summed E-state index contributed by atoms with van der Waals surface area (Å²) in [7, 11) is 0. The number of nitrogens with one attached hydrogen (secondary N) is 1. The molecule has 20 heavy (non-hydrogen) atoms. The zero-order valence-electron chi connectivity index (χ0n) is 10.7. The number of piperidine rings is 1. The van der Waals surface area contributed by atoms with Crippen LogP contribution in [0.1, 0.15) is 28.7 Å². The largest absolute Gasteiger partial charge is 0.316 e. The molecule has 3 rings (SSSR count). The molecule has 1 aromatic heterocycles. The lowest BCUT2D eigenvalue weighted by atomic mass is 9.80. The molecule has 2 unspecified atom stereocenters. The lowest BCUT2D eigenvalue weighted by Crippen LogP contribution is -2.33. The lowest BCUT2D eigenvalue weighted by molar-refractivity contribution is 0.408. The fourth-order valence-electron chi connectivity index (χ4n) is 2.83. The summed E-state index contributed by atoms with van der Waals surface area (Å²) in [5.41, 5.74) is 1.30. The van der Waals surface area contributed by atoms with Crippen LogP contribution in [-0.2, 0) is 0 Å². The minimum atomic E-state index is 0.448. The van der Waals surface area contributed by atoms with Crippen molar-refractivity contribution in [2.75, 3.05) is 13.1 Å². The summed E-state index contributed by atoms with van der Waals surface area (Å²) in [5, 5.41) is 4.29. The van der Waals surface area contributed by atoms with Crippen molar-refractivity contribution in [1.82, 2.24) is 5.32 Å². The summed E-state index contributed by atoms with van der Waals surface area (Å²) in [6.07, 6.45) is 1.13. The third-order valence-corrected chi connectivity index (χ3v) is 6.63. The predicted molar refractivity (Wildman–Crippen MR) is 91.4 cm³/mol. The Labute approximate surface area is 141 Å². The van der Waals surface area contributed by atoms with Crippen LogP contribution >= 0.6 is 50.5 Å². The highest BCUT2D eigenvalue weighted by atomic mass is 79.9. The molecule has 1 aliphatic rings. The van der Waals surface area contributed by atoms with E-state index in [2.05, 4.69) is 39.4 Å². The molecule has 0 spiro atoms. The van der Waals surface area contributed by atoms with E-state index in [1.165, 1.54) is 10.4 Å². The van der Waals surface area contributed by atoms with E-state index in [0.717, 1.165) is 33.3 Å². The Morgan fingerprint density at radius 1 is 1.20 bits per heavy atom. The molecule has 1 aromatic carbocycles. The second-order valence-electron chi connectivity index (χ2n) is 5.03. The van der Waals surface area contributed by atoms with Gasteiger partial charge in [-0.25, -0.2) is 0 Å². The number of halogens is 3. The molecule has 0 saturated carbocycles. The van der Waals surface area contributed by atoms with Crippen molar-refractivity contribution >= 4 is 50.5 Å². The Bertz CT molecular complexity index is 594. The van der Waals surface area contributed by atoms with Gasteiger partial charge in [0, 0.05) is 32.8 Å². The zero-order valence-corrected chi connectivity index (χ0v) is 14.6. The minimum absolute atomic E-state index is 0.448. The maximum atomic E-state index is 6.20. The van der Waals surface area contributed by atoms with Crippen LogP contribution in [-0.4, -0.2) is 13.1 Å². The second-order valence-corrected chi connectivity index (χ2v) is 8.01. The van der Waals surface area contributed by atoms with Gasteiger partial charge in [0.1, 0.15) is 4.34 Å². The predicted octanol–water partition coefficient (Wildman–Crippen LogP) is 5.68. The summed E-state index contributed by atoms with van der Waals surface area (Å²) in [4.78, 5) is 1.35. The van der Waals surface area contributed by atoms with Crippen molar-refractivity contribution in [2.24, 2.45) is 0 Å². The maximum Gasteiger partial charge on any atom is 0.107 e. The van der Waals surface area contributed by atoms with Gasteiger partial charge in [-0.1, -0.05) is 35.3 Å². The topological polar surface area (TPSA) is 12.0 Å². The van der Waals surface area contributed by atoms with Crippen LogP contribution in [0.4, 0.5) is 0 Å². The molecule has 2 aromatic rings. The standard InChI is InChI=1S/C15H14BrCl2NS/c16-13-7-14(20-15(13)18)11-4-5-19-8-12(11)9-2-1-3-10(17)6-9/h1-3,6-7,11-12,19H,4-5,8H2. The van der Waals surface area contributed by atoms with Gasteiger partial charge in [-0.2, -0.15) is 0 Å². The van der Waals surface area contributed by atoms with E-state index >= 15 is 0 Å². The van der Waals surface area contributed by atoms with E-state index < -0.39 is 0 Å². The third kappa shape index (κ3) is 3.07. The highest BCUT2D eigenvalue weighted by Gasteiger charge is 2.29. The maximum absolute atomic E-state index is 6.20. The number of benzene rings is 1. The van der Waals surface area contributed by atoms with Crippen molar-refractivity contribution in [2.45, 2.75) is 18.3 Å². The van der Waals surface area contributed by atoms with Crippen molar-refractivity contribution in [1.29, 1.82) is 0 Å². The lowest BCUT2D eigenvalue weighted by Gasteiger charge is -2.32. The van der Waals surface area contributed by atoms with Crippen LogP contribution in [0.15, 0.2) is 34.8 Å². The molecular weight excluding hydrogens is 377 g/mol. The molecule has 1 saturated heterocycles. The number of thiophene rings is 1. The summed E-state index contributed by atoms with van der Waals surface area (Å²) in [6, 6.07) is 10.4. The first-order chi connectivity index (χ1) is 9.65. The Morgan fingerprint density at radius 3 is 2.75 bits per heavy atom. The second kappa shape index (κ2) is 6.37. The van der Waals surface area contributed by atoms with E-state index in [-0.39, 0.29) is 0 Å². The van der Waals surface area contributed by atoms with Gasteiger partial charge in [0.25, 0.3) is 0 Å². The first-order valence-electron chi connectivity index (χ1n) is 6.56. The quantitative estimate of drug-likeness (QED) is 0.695. The van der Waals surface area contributed by atoms with Gasteiger partial charge >= 0.3 is 0 Å². The van der Waals surface area contributed by atoms with E-state index in [9.17, 15) is 0 Å².